The van der Waals surface area contributed by atoms with E-state index in [9.17, 15) is 4.79 Å². The van der Waals surface area contributed by atoms with Crippen LogP contribution in [0.1, 0.15) is 26.7 Å². The summed E-state index contributed by atoms with van der Waals surface area (Å²) in [4.78, 5) is 10.7. The molecule has 15 heavy (non-hydrogen) atoms. The van der Waals surface area contributed by atoms with Crippen molar-refractivity contribution in [3.05, 3.63) is 24.0 Å². The van der Waals surface area contributed by atoms with Crippen molar-refractivity contribution in [2.24, 2.45) is 5.41 Å². The van der Waals surface area contributed by atoms with Gasteiger partial charge in [0.05, 0.1) is 7.11 Å². The summed E-state index contributed by atoms with van der Waals surface area (Å²) in [5.41, 5.74) is 0.143. The molecule has 0 fully saturated rings. The zero-order valence-electron chi connectivity index (χ0n) is 9.67. The van der Waals surface area contributed by atoms with Gasteiger partial charge in [-0.1, -0.05) is 13.0 Å². The smallest absolute Gasteiger partial charge is 0.216 e. The molecule has 1 aliphatic carbocycles. The van der Waals surface area contributed by atoms with Gasteiger partial charge in [0.25, 0.3) is 0 Å². The van der Waals surface area contributed by atoms with Crippen LogP contribution in [0.5, 0.6) is 0 Å². The number of carbonyl (C=O) groups is 1. The summed E-state index contributed by atoms with van der Waals surface area (Å²) in [6.45, 7) is 4.46. The van der Waals surface area contributed by atoms with Gasteiger partial charge in [0.15, 0.2) is 0 Å². The Balaban J connectivity index is 2.40. The molecule has 0 saturated carbocycles. The Morgan fingerprint density at radius 1 is 1.67 bits per heavy atom. The number of amides is 1. The van der Waals surface area contributed by atoms with Crippen molar-refractivity contribution >= 4 is 5.91 Å². The highest BCUT2D eigenvalue weighted by Gasteiger charge is 2.22. The number of ether oxygens (including phenoxy) is 1. The molecule has 1 atom stereocenters. The Morgan fingerprint density at radius 3 is 2.87 bits per heavy atom. The van der Waals surface area contributed by atoms with Crippen LogP contribution in [0, 0.1) is 5.41 Å². The normalized spacial score (nSPS) is 24.6. The van der Waals surface area contributed by atoms with Gasteiger partial charge in [0.2, 0.25) is 5.91 Å². The number of carbonyl (C=O) groups excluding carboxylic acids is 1. The van der Waals surface area contributed by atoms with Gasteiger partial charge in [-0.3, -0.25) is 4.79 Å². The van der Waals surface area contributed by atoms with Crippen LogP contribution in [-0.4, -0.2) is 19.6 Å². The van der Waals surface area contributed by atoms with E-state index < -0.39 is 0 Å². The van der Waals surface area contributed by atoms with E-state index in [4.69, 9.17) is 4.74 Å². The van der Waals surface area contributed by atoms with Crippen LogP contribution in [0.15, 0.2) is 24.0 Å². The molecule has 1 rings (SSSR count). The van der Waals surface area contributed by atoms with E-state index in [0.29, 0.717) is 0 Å². The van der Waals surface area contributed by atoms with E-state index >= 15 is 0 Å². The van der Waals surface area contributed by atoms with Gasteiger partial charge in [-0.25, -0.2) is 0 Å². The van der Waals surface area contributed by atoms with E-state index in [-0.39, 0.29) is 11.3 Å². The maximum atomic E-state index is 10.7. The molecule has 84 valence electrons. The van der Waals surface area contributed by atoms with Crippen molar-refractivity contribution in [2.45, 2.75) is 26.7 Å². The van der Waals surface area contributed by atoms with E-state index in [1.54, 1.807) is 14.0 Å². The first kappa shape index (κ1) is 11.8. The molecule has 0 aliphatic heterocycles. The second-order valence-corrected chi connectivity index (χ2v) is 4.24. The Morgan fingerprint density at radius 2 is 2.40 bits per heavy atom. The predicted molar refractivity (Wildman–Crippen MR) is 60.3 cm³/mol. The minimum Gasteiger partial charge on any atom is -0.497 e. The molecule has 1 amide bonds. The number of hydrogen-bond acceptors (Lipinski definition) is 2. The number of hydrogen-bond donors (Lipinski definition) is 1. The third-order valence-corrected chi connectivity index (χ3v) is 2.73. The molecular weight excluding hydrogens is 190 g/mol. The fourth-order valence-corrected chi connectivity index (χ4v) is 1.61. The predicted octanol–water partition coefficient (Wildman–Crippen LogP) is 2.01. The summed E-state index contributed by atoms with van der Waals surface area (Å²) >= 11 is 0. The van der Waals surface area contributed by atoms with E-state index in [2.05, 4.69) is 24.4 Å². The lowest BCUT2D eigenvalue weighted by Crippen LogP contribution is -2.27. The summed E-state index contributed by atoms with van der Waals surface area (Å²) in [6, 6.07) is 0. The van der Waals surface area contributed by atoms with Gasteiger partial charge in [-0.15, -0.1) is 0 Å². The highest BCUT2D eigenvalue weighted by atomic mass is 16.5. The molecule has 0 heterocycles. The van der Waals surface area contributed by atoms with Crippen LogP contribution < -0.4 is 5.32 Å². The van der Waals surface area contributed by atoms with E-state index in [1.165, 1.54) is 0 Å². The lowest BCUT2D eigenvalue weighted by molar-refractivity contribution is -0.119. The second-order valence-electron chi connectivity index (χ2n) is 4.24. The van der Waals surface area contributed by atoms with Crippen LogP contribution in [0.2, 0.25) is 0 Å². The van der Waals surface area contributed by atoms with Crippen molar-refractivity contribution in [1.82, 2.24) is 5.32 Å². The molecule has 0 bridgehead atoms. The summed E-state index contributed by atoms with van der Waals surface area (Å²) in [5, 5.41) is 2.82. The molecule has 3 heteroatoms. The number of rotatable bonds is 4. The highest BCUT2D eigenvalue weighted by Crippen LogP contribution is 2.32. The molecule has 0 aromatic heterocycles. The van der Waals surface area contributed by atoms with Crippen LogP contribution in [-0.2, 0) is 9.53 Å². The summed E-state index contributed by atoms with van der Waals surface area (Å²) in [6.07, 6.45) is 8.17. The standard InChI is InChI=1S/C12H19NO2/c1-10(14)13-9-8-12(2)6-4-11(15-3)5-7-12/h4-6H,7-9H2,1-3H3,(H,13,14). The average Bonchev–Trinajstić information content (AvgIpc) is 2.18. The van der Waals surface area contributed by atoms with Gasteiger partial charge in [-0.2, -0.15) is 0 Å². The topological polar surface area (TPSA) is 38.3 Å². The molecule has 1 aliphatic rings. The molecule has 0 spiro atoms. The van der Waals surface area contributed by atoms with Gasteiger partial charge in [0, 0.05) is 13.5 Å². The third kappa shape index (κ3) is 3.78. The van der Waals surface area contributed by atoms with Gasteiger partial charge in [-0.05, 0) is 30.4 Å². The summed E-state index contributed by atoms with van der Waals surface area (Å²) < 4.78 is 5.13. The molecule has 1 N–H and O–H groups in total. The van der Waals surface area contributed by atoms with Crippen LogP contribution >= 0.6 is 0 Å². The quantitative estimate of drug-likeness (QED) is 0.769. The minimum absolute atomic E-state index is 0.0338. The fourth-order valence-electron chi connectivity index (χ4n) is 1.61. The molecule has 0 radical (unpaired) electrons. The SMILES string of the molecule is COC1=CCC(C)(CCNC(C)=O)C=C1. The van der Waals surface area contributed by atoms with Crippen LogP contribution in [0.4, 0.5) is 0 Å². The Hall–Kier alpha value is -1.25. The Bertz CT molecular complexity index is 294. The monoisotopic (exact) mass is 209 g/mol. The van der Waals surface area contributed by atoms with E-state index in [0.717, 1.165) is 25.1 Å². The Kier molecular flexibility index (Phi) is 3.95. The molecule has 0 aromatic rings. The summed E-state index contributed by atoms with van der Waals surface area (Å²) in [7, 11) is 1.68. The van der Waals surface area contributed by atoms with Crippen molar-refractivity contribution < 1.29 is 9.53 Å². The molecule has 0 aromatic carbocycles. The highest BCUT2D eigenvalue weighted by molar-refractivity contribution is 5.72. The van der Waals surface area contributed by atoms with Crippen LogP contribution in [0.25, 0.3) is 0 Å². The Labute approximate surface area is 91.2 Å². The second kappa shape index (κ2) is 5.01. The van der Waals surface area contributed by atoms with Gasteiger partial charge < -0.3 is 10.1 Å². The van der Waals surface area contributed by atoms with Gasteiger partial charge in [0.1, 0.15) is 5.76 Å². The molecule has 3 nitrogen and oxygen atoms in total. The third-order valence-electron chi connectivity index (χ3n) is 2.73. The first-order valence-electron chi connectivity index (χ1n) is 5.23. The first-order valence-corrected chi connectivity index (χ1v) is 5.23. The number of nitrogens with one attached hydrogen (secondary N) is 1. The maximum Gasteiger partial charge on any atom is 0.216 e. The zero-order valence-corrected chi connectivity index (χ0v) is 9.67. The van der Waals surface area contributed by atoms with Crippen molar-refractivity contribution in [1.29, 1.82) is 0 Å². The first-order chi connectivity index (χ1) is 7.06. The van der Waals surface area contributed by atoms with Crippen molar-refractivity contribution in [3.63, 3.8) is 0 Å². The average molecular weight is 209 g/mol. The molecular formula is C12H19NO2. The molecule has 1 unspecified atom stereocenters. The van der Waals surface area contributed by atoms with E-state index in [1.807, 2.05) is 6.08 Å². The zero-order chi connectivity index (χ0) is 11.3. The molecule has 0 saturated heterocycles. The lowest BCUT2D eigenvalue weighted by atomic mass is 9.80. The van der Waals surface area contributed by atoms with Gasteiger partial charge >= 0.3 is 0 Å². The number of methoxy groups -OCH3 is 1. The maximum absolute atomic E-state index is 10.7. The van der Waals surface area contributed by atoms with Crippen molar-refractivity contribution in [2.75, 3.05) is 13.7 Å². The number of allylic oxidation sites excluding steroid dienone is 3. The van der Waals surface area contributed by atoms with Crippen molar-refractivity contribution in [3.8, 4) is 0 Å². The summed E-state index contributed by atoms with van der Waals surface area (Å²) in [5.74, 6) is 0.957. The minimum atomic E-state index is 0.0338. The lowest BCUT2D eigenvalue weighted by Gasteiger charge is -2.27. The fraction of sp³-hybridized carbons (Fsp3) is 0.583. The van der Waals surface area contributed by atoms with Crippen LogP contribution in [0.3, 0.4) is 0 Å². The largest absolute Gasteiger partial charge is 0.497 e.